The number of benzene rings is 2. The number of halogens is 1. The van der Waals surface area contributed by atoms with Gasteiger partial charge in [-0.1, -0.05) is 62.2 Å². The Morgan fingerprint density at radius 3 is 2.09 bits per heavy atom. The number of nitrogens with zero attached hydrogens (tertiary/aromatic N) is 4. The van der Waals surface area contributed by atoms with Crippen LogP contribution in [0.1, 0.15) is 86.1 Å². The first kappa shape index (κ1) is 39.9. The average molecular weight is 767 g/mol. The summed E-state index contributed by atoms with van der Waals surface area (Å²) in [5.41, 5.74) is 3.68. The van der Waals surface area contributed by atoms with Crippen LogP contribution in [0.25, 0.3) is 11.3 Å². The molecule has 2 fully saturated rings. The Morgan fingerprint density at radius 2 is 1.45 bits per heavy atom. The van der Waals surface area contributed by atoms with Crippen LogP contribution < -0.4 is 10.6 Å². The highest BCUT2D eigenvalue weighted by atomic mass is 35.5. The summed E-state index contributed by atoms with van der Waals surface area (Å²) in [4.78, 5) is 69.6. The van der Waals surface area contributed by atoms with Crippen molar-refractivity contribution >= 4 is 36.4 Å². The molecule has 0 spiro atoms. The second-order valence-electron chi connectivity index (χ2n) is 13.5. The maximum Gasteiger partial charge on any atom is 0.407 e. The Morgan fingerprint density at radius 1 is 0.836 bits per heavy atom. The van der Waals surface area contributed by atoms with Crippen molar-refractivity contribution in [3.05, 3.63) is 95.5 Å². The van der Waals surface area contributed by atoms with Crippen LogP contribution in [0.2, 0.25) is 0 Å². The predicted molar refractivity (Wildman–Crippen MR) is 206 cm³/mol. The zero-order chi connectivity index (χ0) is 38.2. The van der Waals surface area contributed by atoms with Gasteiger partial charge < -0.3 is 40.2 Å². The molecule has 14 nitrogen and oxygen atoms in total. The first-order chi connectivity index (χ1) is 26.1. The summed E-state index contributed by atoms with van der Waals surface area (Å²) in [5, 5.41) is 14.3. The minimum Gasteiger partial charge on any atom is -0.465 e. The van der Waals surface area contributed by atoms with E-state index in [2.05, 4.69) is 54.3 Å². The minimum absolute atomic E-state index is 0. The number of amides is 4. The maximum absolute atomic E-state index is 13.7. The lowest BCUT2D eigenvalue weighted by Gasteiger charge is -2.29. The van der Waals surface area contributed by atoms with Crippen LogP contribution in [0.4, 0.5) is 9.59 Å². The zero-order valence-electron chi connectivity index (χ0n) is 30.7. The number of hydrogen-bond acceptors (Lipinski definition) is 7. The SMILES string of the molecule is COC(=O)N[C@@H](C(=O)N1CCC[C@H]1c1ncc(C#CC#Cc2ccc(-c3cnc([C@@H]4CCCN4C(=O)[C@@H](NC(=O)O)C(C)C)[nH]3)cc2)[nH]1)c1ccccc1.Cl. The van der Waals surface area contributed by atoms with Gasteiger partial charge >= 0.3 is 12.2 Å². The number of methoxy groups -OCH3 is 1. The highest BCUT2D eigenvalue weighted by molar-refractivity contribution is 5.88. The van der Waals surface area contributed by atoms with E-state index in [0.717, 1.165) is 36.1 Å². The Bertz CT molecular complexity index is 2110. The van der Waals surface area contributed by atoms with E-state index in [1.54, 1.807) is 34.3 Å². The number of rotatable bonds is 9. The number of carboxylic acid groups (broad SMARTS) is 1. The number of alkyl carbamates (subject to hydrolysis) is 1. The number of H-pyrrole nitrogens is 2. The Labute approximate surface area is 325 Å². The van der Waals surface area contributed by atoms with Crippen molar-refractivity contribution in [2.24, 2.45) is 5.92 Å². The van der Waals surface area contributed by atoms with Gasteiger partial charge in [-0.05, 0) is 72.6 Å². The van der Waals surface area contributed by atoms with Gasteiger partial charge in [0.2, 0.25) is 5.91 Å². The van der Waals surface area contributed by atoms with Crippen LogP contribution in [0, 0.1) is 29.6 Å². The number of carbonyl (C=O) groups is 4. The number of nitrogens with one attached hydrogen (secondary N) is 4. The molecular weight excluding hydrogens is 724 g/mol. The fraction of sp³-hybridized carbons (Fsp3) is 0.350. The Kier molecular flexibility index (Phi) is 13.2. The van der Waals surface area contributed by atoms with Crippen molar-refractivity contribution in [3.8, 4) is 34.9 Å². The summed E-state index contributed by atoms with van der Waals surface area (Å²) in [7, 11) is 1.26. The topological polar surface area (TPSA) is 186 Å². The van der Waals surface area contributed by atoms with E-state index < -0.39 is 24.3 Å². The molecule has 0 aliphatic carbocycles. The Hall–Kier alpha value is -6.25. The number of imidazole rings is 2. The van der Waals surface area contributed by atoms with Crippen molar-refractivity contribution in [1.29, 1.82) is 0 Å². The van der Waals surface area contributed by atoms with Crippen LogP contribution in [-0.2, 0) is 14.3 Å². The molecule has 55 heavy (non-hydrogen) atoms. The summed E-state index contributed by atoms with van der Waals surface area (Å²) >= 11 is 0. The molecule has 0 bridgehead atoms. The lowest BCUT2D eigenvalue weighted by atomic mass is 10.0. The molecule has 2 aromatic carbocycles. The van der Waals surface area contributed by atoms with Gasteiger partial charge in [-0.3, -0.25) is 9.59 Å². The van der Waals surface area contributed by atoms with E-state index in [0.29, 0.717) is 42.4 Å². The van der Waals surface area contributed by atoms with Crippen molar-refractivity contribution in [2.45, 2.75) is 63.7 Å². The molecule has 4 aromatic rings. The molecular formula is C40H43ClN8O6. The summed E-state index contributed by atoms with van der Waals surface area (Å²) < 4.78 is 4.78. The first-order valence-electron chi connectivity index (χ1n) is 17.8. The summed E-state index contributed by atoms with van der Waals surface area (Å²) in [6.45, 7) is 4.70. The molecule has 2 aliphatic heterocycles. The van der Waals surface area contributed by atoms with Gasteiger partial charge in [0.25, 0.3) is 5.91 Å². The number of aromatic amines is 2. The summed E-state index contributed by atoms with van der Waals surface area (Å²) in [6.07, 6.45) is 4.48. The molecule has 4 amide bonds. The number of aromatic nitrogens is 4. The van der Waals surface area contributed by atoms with Crippen LogP contribution >= 0.6 is 12.4 Å². The minimum atomic E-state index is -1.22. The molecule has 0 unspecified atom stereocenters. The fourth-order valence-corrected chi connectivity index (χ4v) is 6.89. The Balaban J connectivity index is 0.00000580. The summed E-state index contributed by atoms with van der Waals surface area (Å²) in [5.74, 6) is 12.4. The van der Waals surface area contributed by atoms with E-state index in [1.807, 2.05) is 56.3 Å². The van der Waals surface area contributed by atoms with E-state index in [4.69, 9.17) is 4.74 Å². The normalized spacial score (nSPS) is 17.2. The van der Waals surface area contributed by atoms with Gasteiger partial charge in [-0.25, -0.2) is 19.6 Å². The van der Waals surface area contributed by atoms with Crippen LogP contribution in [0.5, 0.6) is 0 Å². The lowest BCUT2D eigenvalue weighted by molar-refractivity contribution is -0.135. The maximum atomic E-state index is 13.7. The van der Waals surface area contributed by atoms with E-state index >= 15 is 0 Å². The largest absolute Gasteiger partial charge is 0.465 e. The molecule has 0 saturated carbocycles. The third-order valence-electron chi connectivity index (χ3n) is 9.60. The van der Waals surface area contributed by atoms with Gasteiger partial charge in [0.05, 0.1) is 37.3 Å². The molecule has 2 saturated heterocycles. The van der Waals surface area contributed by atoms with Crippen molar-refractivity contribution in [2.75, 3.05) is 20.2 Å². The van der Waals surface area contributed by atoms with Gasteiger partial charge in [-0.15, -0.1) is 12.4 Å². The summed E-state index contributed by atoms with van der Waals surface area (Å²) in [6, 6.07) is 14.4. The molecule has 6 rings (SSSR count). The lowest BCUT2D eigenvalue weighted by Crippen LogP contribution is -2.50. The van der Waals surface area contributed by atoms with Crippen molar-refractivity contribution in [3.63, 3.8) is 0 Å². The van der Waals surface area contributed by atoms with Gasteiger partial charge in [0.1, 0.15) is 29.4 Å². The highest BCUT2D eigenvalue weighted by Crippen LogP contribution is 2.34. The zero-order valence-corrected chi connectivity index (χ0v) is 31.5. The van der Waals surface area contributed by atoms with E-state index in [-0.39, 0.29) is 42.2 Å². The molecule has 15 heteroatoms. The van der Waals surface area contributed by atoms with Crippen LogP contribution in [-0.4, -0.2) is 85.1 Å². The average Bonchev–Trinajstić information content (AvgIpc) is 4.01. The molecule has 2 aromatic heterocycles. The van der Waals surface area contributed by atoms with Crippen molar-refractivity contribution in [1.82, 2.24) is 40.4 Å². The van der Waals surface area contributed by atoms with Crippen LogP contribution in [0.15, 0.2) is 67.0 Å². The molecule has 0 radical (unpaired) electrons. The number of carbonyl (C=O) groups excluding carboxylic acids is 3. The number of likely N-dealkylation sites (tertiary alicyclic amines) is 2. The third kappa shape index (κ3) is 9.47. The smallest absolute Gasteiger partial charge is 0.407 e. The van der Waals surface area contributed by atoms with Gasteiger partial charge in [0.15, 0.2) is 0 Å². The second kappa shape index (κ2) is 18.2. The van der Waals surface area contributed by atoms with E-state index in [9.17, 15) is 24.3 Å². The van der Waals surface area contributed by atoms with Crippen molar-refractivity contribution < 1.29 is 29.0 Å². The highest BCUT2D eigenvalue weighted by Gasteiger charge is 2.38. The van der Waals surface area contributed by atoms with Gasteiger partial charge in [0, 0.05) is 18.7 Å². The second-order valence-corrected chi connectivity index (χ2v) is 13.5. The fourth-order valence-electron chi connectivity index (χ4n) is 6.89. The van der Waals surface area contributed by atoms with Gasteiger partial charge in [-0.2, -0.15) is 0 Å². The number of hydrogen-bond donors (Lipinski definition) is 5. The molecule has 4 atom stereocenters. The molecule has 5 N–H and O–H groups in total. The molecule has 2 aliphatic rings. The first-order valence-corrected chi connectivity index (χ1v) is 17.8. The predicted octanol–water partition coefficient (Wildman–Crippen LogP) is 5.34. The molecule has 286 valence electrons. The van der Waals surface area contributed by atoms with E-state index in [1.165, 1.54) is 7.11 Å². The standard InChI is InChI=1S/C40H42N8O6.ClH/c1-25(2)33(45-39(51)52)37(49)47-21-10-16-32(47)36-42-24-30(44-36)27-19-17-26(18-20-27)11-7-8-14-29-23-41-35(43-29)31-15-9-22-48(31)38(50)34(46-40(53)54-3)28-12-5-4-6-13-28;/h4-6,12-13,17-20,23-25,31-34,45H,9-10,15-16,21-22H2,1-3H3,(H,41,43)(H,42,44)(H,46,53)(H,51,52);1H/t31-,32-,33-,34+;/m0./s1. The molecule has 4 heterocycles. The van der Waals surface area contributed by atoms with Crippen LogP contribution in [0.3, 0.4) is 0 Å². The monoisotopic (exact) mass is 766 g/mol. The quantitative estimate of drug-likeness (QED) is 0.141. The third-order valence-corrected chi connectivity index (χ3v) is 9.60. The number of ether oxygens (including phenoxy) is 1.